The van der Waals surface area contributed by atoms with Gasteiger partial charge in [0.05, 0.1) is 18.0 Å². The predicted octanol–water partition coefficient (Wildman–Crippen LogP) is 3.68. The molecule has 8 nitrogen and oxygen atoms in total. The van der Waals surface area contributed by atoms with Crippen LogP contribution in [0.4, 0.5) is 5.82 Å². The molecule has 0 bridgehead atoms. The van der Waals surface area contributed by atoms with E-state index in [1.807, 2.05) is 0 Å². The Kier molecular flexibility index (Phi) is 5.56. The fraction of sp³-hybridized carbons (Fsp3) is 0.350. The van der Waals surface area contributed by atoms with Gasteiger partial charge in [0, 0.05) is 6.04 Å². The Bertz CT molecular complexity index is 989. The third-order valence-corrected chi connectivity index (χ3v) is 4.83. The number of H-pyrrole nitrogens is 1. The van der Waals surface area contributed by atoms with Crippen molar-refractivity contribution in [2.75, 3.05) is 5.32 Å². The highest BCUT2D eigenvalue weighted by Crippen LogP contribution is 2.24. The van der Waals surface area contributed by atoms with E-state index in [1.54, 1.807) is 12.5 Å². The Hall–Kier alpha value is -3.29. The molecule has 0 radical (unpaired) electrons. The maximum Gasteiger partial charge on any atom is 0.230 e. The topological polar surface area (TPSA) is 105 Å². The first kappa shape index (κ1) is 18.1. The number of rotatable bonds is 4. The minimum Gasteiger partial charge on any atom is -0.367 e. The van der Waals surface area contributed by atoms with Crippen LogP contribution < -0.4 is 5.32 Å². The Morgan fingerprint density at radius 3 is 2.64 bits per heavy atom. The summed E-state index contributed by atoms with van der Waals surface area (Å²) in [6, 6.07) is 8.86. The molecule has 3 heterocycles. The van der Waals surface area contributed by atoms with Crippen LogP contribution in [-0.4, -0.2) is 36.3 Å². The van der Waals surface area contributed by atoms with Gasteiger partial charge in [-0.3, -0.25) is 5.10 Å². The SMILES string of the molecule is Cc1ccc(Cc2ncno2)cc1.c1nc(NC2CCCC2)c2cn[nH]c2n1. The van der Waals surface area contributed by atoms with E-state index in [1.165, 1.54) is 43.1 Å². The molecule has 0 atom stereocenters. The quantitative estimate of drug-likeness (QED) is 0.559. The lowest BCUT2D eigenvalue weighted by atomic mass is 10.1. The van der Waals surface area contributed by atoms with Gasteiger partial charge in [-0.2, -0.15) is 10.1 Å². The van der Waals surface area contributed by atoms with Crippen molar-refractivity contribution in [2.45, 2.75) is 45.1 Å². The Labute approximate surface area is 162 Å². The van der Waals surface area contributed by atoms with Gasteiger partial charge in [0.15, 0.2) is 12.0 Å². The zero-order valence-electron chi connectivity index (χ0n) is 15.8. The molecule has 0 saturated heterocycles. The first-order valence-electron chi connectivity index (χ1n) is 9.49. The number of anilines is 1. The van der Waals surface area contributed by atoms with E-state index in [0.717, 1.165) is 16.9 Å². The second kappa shape index (κ2) is 8.60. The van der Waals surface area contributed by atoms with Gasteiger partial charge in [0.25, 0.3) is 0 Å². The largest absolute Gasteiger partial charge is 0.367 e. The van der Waals surface area contributed by atoms with Gasteiger partial charge in [0.1, 0.15) is 12.1 Å². The Morgan fingerprint density at radius 1 is 1.07 bits per heavy atom. The summed E-state index contributed by atoms with van der Waals surface area (Å²) in [4.78, 5) is 12.3. The van der Waals surface area contributed by atoms with Crippen molar-refractivity contribution >= 4 is 16.9 Å². The van der Waals surface area contributed by atoms with Crippen molar-refractivity contribution < 1.29 is 4.52 Å². The normalized spacial score (nSPS) is 14.0. The molecule has 0 spiro atoms. The van der Waals surface area contributed by atoms with Gasteiger partial charge in [-0.05, 0) is 25.3 Å². The van der Waals surface area contributed by atoms with Crippen LogP contribution in [0.3, 0.4) is 0 Å². The summed E-state index contributed by atoms with van der Waals surface area (Å²) in [6.45, 7) is 2.07. The van der Waals surface area contributed by atoms with E-state index < -0.39 is 0 Å². The molecule has 1 aromatic carbocycles. The second-order valence-electron chi connectivity index (χ2n) is 6.98. The van der Waals surface area contributed by atoms with Gasteiger partial charge in [-0.25, -0.2) is 9.97 Å². The predicted molar refractivity (Wildman–Crippen MR) is 106 cm³/mol. The van der Waals surface area contributed by atoms with E-state index in [-0.39, 0.29) is 0 Å². The number of hydrogen-bond donors (Lipinski definition) is 2. The number of nitrogens with one attached hydrogen (secondary N) is 2. The molecule has 0 unspecified atom stereocenters. The molecule has 0 amide bonds. The van der Waals surface area contributed by atoms with Gasteiger partial charge in [0.2, 0.25) is 5.89 Å². The van der Waals surface area contributed by atoms with E-state index in [9.17, 15) is 0 Å². The van der Waals surface area contributed by atoms with Crippen LogP contribution in [0.1, 0.15) is 42.7 Å². The minimum atomic E-state index is 0.568. The fourth-order valence-electron chi connectivity index (χ4n) is 3.30. The Morgan fingerprint density at radius 2 is 1.89 bits per heavy atom. The number of hydrogen-bond acceptors (Lipinski definition) is 7. The van der Waals surface area contributed by atoms with Crippen LogP contribution in [0.5, 0.6) is 0 Å². The zero-order chi connectivity index (χ0) is 19.2. The molecule has 0 aliphatic heterocycles. The van der Waals surface area contributed by atoms with E-state index in [0.29, 0.717) is 18.4 Å². The first-order chi connectivity index (χ1) is 13.8. The highest BCUT2D eigenvalue weighted by molar-refractivity contribution is 5.85. The van der Waals surface area contributed by atoms with Crippen LogP contribution in [0.25, 0.3) is 11.0 Å². The lowest BCUT2D eigenvalue weighted by Crippen LogP contribution is -2.15. The zero-order valence-corrected chi connectivity index (χ0v) is 15.8. The average molecular weight is 377 g/mol. The average Bonchev–Trinajstić information content (AvgIpc) is 3.47. The summed E-state index contributed by atoms with van der Waals surface area (Å²) in [7, 11) is 0. The van der Waals surface area contributed by atoms with E-state index in [4.69, 9.17) is 4.52 Å². The van der Waals surface area contributed by atoms with Crippen LogP contribution in [0.2, 0.25) is 0 Å². The highest BCUT2D eigenvalue weighted by Gasteiger charge is 2.16. The molecule has 1 aliphatic carbocycles. The lowest BCUT2D eigenvalue weighted by Gasteiger charge is -2.12. The molecule has 144 valence electrons. The van der Waals surface area contributed by atoms with Crippen LogP contribution in [0.15, 0.2) is 47.6 Å². The molecule has 1 fully saturated rings. The maximum absolute atomic E-state index is 4.91. The molecule has 28 heavy (non-hydrogen) atoms. The van der Waals surface area contributed by atoms with Crippen LogP contribution in [-0.2, 0) is 6.42 Å². The molecule has 5 rings (SSSR count). The standard InChI is InChI=1S/C10H13N5.C10H10N2O/c1-2-4-7(3-1)14-9-8-5-13-15-10(8)12-6-11-9;1-8-2-4-9(5-3-8)6-10-11-7-12-13-10/h5-7H,1-4H2,(H2,11,12,13,14,15);2-5,7H,6H2,1H3. The number of fused-ring (bicyclic) bond motifs is 1. The van der Waals surface area contributed by atoms with Crippen molar-refractivity contribution in [3.05, 3.63) is 60.1 Å². The summed E-state index contributed by atoms with van der Waals surface area (Å²) in [6.07, 6.45) is 10.6. The number of aromatic amines is 1. The first-order valence-corrected chi connectivity index (χ1v) is 9.49. The molecule has 1 aliphatic rings. The van der Waals surface area contributed by atoms with Gasteiger partial charge in [-0.15, -0.1) is 0 Å². The van der Waals surface area contributed by atoms with Gasteiger partial charge < -0.3 is 9.84 Å². The molecule has 8 heteroatoms. The number of aryl methyl sites for hydroxylation is 1. The van der Waals surface area contributed by atoms with Gasteiger partial charge in [-0.1, -0.05) is 47.8 Å². The molecule has 3 aromatic heterocycles. The molecular weight excluding hydrogens is 354 g/mol. The molecular formula is C20H23N7O. The van der Waals surface area contributed by atoms with Crippen LogP contribution in [0, 0.1) is 6.92 Å². The third kappa shape index (κ3) is 4.51. The fourth-order valence-corrected chi connectivity index (χ4v) is 3.30. The number of benzene rings is 1. The van der Waals surface area contributed by atoms with Crippen LogP contribution >= 0.6 is 0 Å². The van der Waals surface area contributed by atoms with Crippen molar-refractivity contribution in [3.8, 4) is 0 Å². The highest BCUT2D eigenvalue weighted by atomic mass is 16.5. The van der Waals surface area contributed by atoms with Gasteiger partial charge >= 0.3 is 0 Å². The molecule has 1 saturated carbocycles. The lowest BCUT2D eigenvalue weighted by molar-refractivity contribution is 0.384. The summed E-state index contributed by atoms with van der Waals surface area (Å²) in [5.74, 6) is 1.56. The molecule has 4 aromatic rings. The summed E-state index contributed by atoms with van der Waals surface area (Å²) in [5.41, 5.74) is 3.25. The second-order valence-corrected chi connectivity index (χ2v) is 6.98. The molecule has 2 N–H and O–H groups in total. The third-order valence-electron chi connectivity index (χ3n) is 4.83. The van der Waals surface area contributed by atoms with Crippen molar-refractivity contribution in [1.82, 2.24) is 30.3 Å². The summed E-state index contributed by atoms with van der Waals surface area (Å²) in [5, 5.41) is 14.8. The minimum absolute atomic E-state index is 0.568. The number of aromatic nitrogens is 6. The monoisotopic (exact) mass is 377 g/mol. The summed E-state index contributed by atoms with van der Waals surface area (Å²) >= 11 is 0. The van der Waals surface area contributed by atoms with Crippen molar-refractivity contribution in [3.63, 3.8) is 0 Å². The van der Waals surface area contributed by atoms with E-state index in [2.05, 4.69) is 66.8 Å². The Balaban J connectivity index is 0.000000139. The van der Waals surface area contributed by atoms with Crippen molar-refractivity contribution in [1.29, 1.82) is 0 Å². The van der Waals surface area contributed by atoms with E-state index >= 15 is 0 Å². The van der Waals surface area contributed by atoms with Crippen molar-refractivity contribution in [2.24, 2.45) is 0 Å². The smallest absolute Gasteiger partial charge is 0.230 e. The maximum atomic E-state index is 4.91. The number of nitrogens with zero attached hydrogens (tertiary/aromatic N) is 5. The summed E-state index contributed by atoms with van der Waals surface area (Å²) < 4.78 is 4.91.